The molecular formula is C20H15N3O4. The van der Waals surface area contributed by atoms with Gasteiger partial charge in [0.2, 0.25) is 0 Å². The van der Waals surface area contributed by atoms with Crippen LogP contribution < -0.4 is 9.64 Å². The average Bonchev–Trinajstić information content (AvgIpc) is 2.97. The van der Waals surface area contributed by atoms with E-state index in [2.05, 4.69) is 17.3 Å². The Morgan fingerprint density at radius 1 is 1.30 bits per heavy atom. The fourth-order valence-electron chi connectivity index (χ4n) is 4.67. The Balaban J connectivity index is 1.26. The lowest BCUT2D eigenvalue weighted by molar-refractivity contribution is -0.170. The van der Waals surface area contributed by atoms with Gasteiger partial charge in [0, 0.05) is 5.69 Å². The number of allylic oxidation sites excluding steroid dienone is 2. The third-order valence-electron chi connectivity index (χ3n) is 6.28. The molecule has 5 atom stereocenters. The smallest absolute Gasteiger partial charge is 0.418 e. The fourth-order valence-corrected chi connectivity index (χ4v) is 4.67. The highest BCUT2D eigenvalue weighted by Gasteiger charge is 2.64. The molecule has 1 aromatic heterocycles. The summed E-state index contributed by atoms with van der Waals surface area (Å²) in [6, 6.07) is 9.90. The summed E-state index contributed by atoms with van der Waals surface area (Å²) in [7, 11) is 0. The lowest BCUT2D eigenvalue weighted by Gasteiger charge is -2.37. The van der Waals surface area contributed by atoms with Gasteiger partial charge in [0.15, 0.2) is 0 Å². The second kappa shape index (κ2) is 4.71. The molecule has 1 saturated heterocycles. The van der Waals surface area contributed by atoms with E-state index in [-0.39, 0.29) is 12.0 Å². The van der Waals surface area contributed by atoms with Crippen LogP contribution in [0.3, 0.4) is 0 Å². The monoisotopic (exact) mass is 361 g/mol. The van der Waals surface area contributed by atoms with Crippen LogP contribution in [0.4, 0.5) is 10.5 Å². The predicted molar refractivity (Wildman–Crippen MR) is 92.4 cm³/mol. The van der Waals surface area contributed by atoms with Gasteiger partial charge in [-0.15, -0.1) is 0 Å². The summed E-state index contributed by atoms with van der Waals surface area (Å²) in [4.78, 5) is 14.1. The fraction of sp³-hybridized carbons (Fsp3) is 0.350. The molecule has 1 spiro atoms. The topological polar surface area (TPSA) is 88.6 Å². The third kappa shape index (κ3) is 1.75. The van der Waals surface area contributed by atoms with E-state index in [4.69, 9.17) is 19.3 Å². The number of hydrogen-bond donors (Lipinski definition) is 0. The van der Waals surface area contributed by atoms with Crippen LogP contribution >= 0.6 is 0 Å². The molecule has 134 valence electrons. The Morgan fingerprint density at radius 2 is 2.11 bits per heavy atom. The molecule has 2 aliphatic heterocycles. The zero-order valence-corrected chi connectivity index (χ0v) is 14.5. The summed E-state index contributed by atoms with van der Waals surface area (Å²) >= 11 is 0. The van der Waals surface area contributed by atoms with Gasteiger partial charge in [-0.2, -0.15) is 5.26 Å². The highest BCUT2D eigenvalue weighted by atomic mass is 16.8. The number of anilines is 1. The first-order valence-electron chi connectivity index (χ1n) is 8.99. The largest absolute Gasteiger partial charge is 0.425 e. The molecule has 3 heterocycles. The number of carbonyl (C=O) groups is 1. The second-order valence-electron chi connectivity index (χ2n) is 7.56. The van der Waals surface area contributed by atoms with Crippen LogP contribution in [0.1, 0.15) is 24.5 Å². The quantitative estimate of drug-likeness (QED) is 0.814. The summed E-state index contributed by atoms with van der Waals surface area (Å²) in [5, 5.41) is 12.8. The minimum absolute atomic E-state index is 0.203. The van der Waals surface area contributed by atoms with Crippen LogP contribution in [0, 0.1) is 29.1 Å². The maximum atomic E-state index is 12.5. The Hall–Kier alpha value is -3.27. The first kappa shape index (κ1) is 14.9. The van der Waals surface area contributed by atoms with Crippen molar-refractivity contribution in [1.82, 2.24) is 5.16 Å². The summed E-state index contributed by atoms with van der Waals surface area (Å²) in [5.74, 6) is 0.342. The lowest BCUT2D eigenvalue weighted by atomic mass is 9.96. The number of nitrogens with zero attached hydrogens (tertiary/aromatic N) is 3. The molecule has 7 heteroatoms. The van der Waals surface area contributed by atoms with Crippen LogP contribution in [0.15, 0.2) is 41.1 Å². The molecule has 2 aliphatic carbocycles. The van der Waals surface area contributed by atoms with Gasteiger partial charge in [-0.3, -0.25) is 4.90 Å². The number of fused-ring (bicyclic) bond motifs is 3. The second-order valence-corrected chi connectivity index (χ2v) is 7.56. The van der Waals surface area contributed by atoms with Crippen LogP contribution in [0.5, 0.6) is 5.88 Å². The number of benzene rings is 1. The Labute approximate surface area is 154 Å². The normalized spacial score (nSPS) is 34.9. The molecule has 1 saturated carbocycles. The number of carbonyl (C=O) groups excluding carboxylic acids is 1. The Bertz CT molecular complexity index is 1050. The van der Waals surface area contributed by atoms with Crippen molar-refractivity contribution in [3.63, 3.8) is 0 Å². The molecule has 0 N–H and O–H groups in total. The minimum atomic E-state index is -1.15. The number of rotatable bonds is 2. The lowest BCUT2D eigenvalue weighted by Crippen LogP contribution is -2.51. The van der Waals surface area contributed by atoms with E-state index in [1.54, 1.807) is 4.90 Å². The molecule has 1 aromatic carbocycles. The first-order chi connectivity index (χ1) is 13.1. The van der Waals surface area contributed by atoms with Gasteiger partial charge in [0.1, 0.15) is 17.9 Å². The van der Waals surface area contributed by atoms with Gasteiger partial charge in [0.05, 0.1) is 12.0 Å². The van der Waals surface area contributed by atoms with Crippen molar-refractivity contribution in [2.45, 2.75) is 25.2 Å². The first-order valence-corrected chi connectivity index (χ1v) is 8.99. The molecule has 7 nitrogen and oxygen atoms in total. The Kier molecular flexibility index (Phi) is 2.59. The molecule has 2 fully saturated rings. The number of aromatic nitrogens is 1. The van der Waals surface area contributed by atoms with Crippen molar-refractivity contribution >= 4 is 17.4 Å². The zero-order valence-electron chi connectivity index (χ0n) is 14.5. The highest BCUT2D eigenvalue weighted by molar-refractivity contribution is 5.92. The van der Waals surface area contributed by atoms with Gasteiger partial charge < -0.3 is 14.0 Å². The van der Waals surface area contributed by atoms with Gasteiger partial charge in [-0.1, -0.05) is 18.2 Å². The Morgan fingerprint density at radius 3 is 2.78 bits per heavy atom. The van der Waals surface area contributed by atoms with Crippen LogP contribution in [0.25, 0.3) is 5.57 Å². The summed E-state index contributed by atoms with van der Waals surface area (Å²) in [6.45, 7) is 1.88. The molecular weight excluding hydrogens is 346 g/mol. The zero-order chi connectivity index (χ0) is 18.3. The molecule has 4 aliphatic rings. The van der Waals surface area contributed by atoms with Crippen LogP contribution in [-0.2, 0) is 10.5 Å². The summed E-state index contributed by atoms with van der Waals surface area (Å²) in [5.41, 5.74) is 3.83. The molecule has 1 amide bonds. The molecule has 6 rings (SSSR count). The molecule has 1 unspecified atom stereocenters. The van der Waals surface area contributed by atoms with E-state index in [1.807, 2.05) is 31.2 Å². The number of ether oxygens (including phenoxy) is 2. The highest BCUT2D eigenvalue weighted by Crippen LogP contribution is 2.58. The molecule has 0 bridgehead atoms. The summed E-state index contributed by atoms with van der Waals surface area (Å²) < 4.78 is 16.1. The molecule has 0 radical (unpaired) electrons. The van der Waals surface area contributed by atoms with Crippen LogP contribution in [0.2, 0.25) is 0 Å². The van der Waals surface area contributed by atoms with Gasteiger partial charge >= 0.3 is 11.9 Å². The van der Waals surface area contributed by atoms with Crippen LogP contribution in [-0.4, -0.2) is 17.3 Å². The molecule has 2 aromatic rings. The standard InChI is InChI=1S/C20H15N3O4/c1-10-20(17-9-25-22-18(17)26-20)27-19(24)23(10)13-4-2-11(3-5-13)12-6-14-15(7-12)16(14)8-21/h2-6,9-10,14-16H,7H2,1H3/t10?,14-,15+,16+,20-/m0/s1. The van der Waals surface area contributed by atoms with E-state index in [0.29, 0.717) is 23.3 Å². The molecule has 27 heavy (non-hydrogen) atoms. The van der Waals surface area contributed by atoms with Crippen molar-refractivity contribution in [2.75, 3.05) is 4.90 Å². The number of amides is 1. The van der Waals surface area contributed by atoms with Crippen molar-refractivity contribution in [3.05, 3.63) is 47.7 Å². The van der Waals surface area contributed by atoms with E-state index in [1.165, 1.54) is 11.8 Å². The van der Waals surface area contributed by atoms with Gasteiger partial charge in [-0.05, 0) is 53.6 Å². The van der Waals surface area contributed by atoms with E-state index in [9.17, 15) is 4.79 Å². The maximum Gasteiger partial charge on any atom is 0.418 e. The number of hydrogen-bond acceptors (Lipinski definition) is 6. The minimum Gasteiger partial charge on any atom is -0.425 e. The van der Waals surface area contributed by atoms with Crippen molar-refractivity contribution in [3.8, 4) is 11.9 Å². The van der Waals surface area contributed by atoms with Crippen molar-refractivity contribution in [2.24, 2.45) is 17.8 Å². The van der Waals surface area contributed by atoms with E-state index in [0.717, 1.165) is 17.7 Å². The summed E-state index contributed by atoms with van der Waals surface area (Å²) in [6.07, 6.45) is 4.18. The van der Waals surface area contributed by atoms with E-state index >= 15 is 0 Å². The van der Waals surface area contributed by atoms with Crippen molar-refractivity contribution < 1.29 is 18.8 Å². The predicted octanol–water partition coefficient (Wildman–Crippen LogP) is 3.44. The van der Waals surface area contributed by atoms with Crippen molar-refractivity contribution in [1.29, 1.82) is 5.26 Å². The van der Waals surface area contributed by atoms with E-state index < -0.39 is 11.9 Å². The van der Waals surface area contributed by atoms with Gasteiger partial charge in [-0.25, -0.2) is 4.79 Å². The maximum absolute atomic E-state index is 12.5. The van der Waals surface area contributed by atoms with Gasteiger partial charge in [0.25, 0.3) is 5.88 Å². The third-order valence-corrected chi connectivity index (χ3v) is 6.28. The number of nitriles is 1. The average molecular weight is 361 g/mol. The SMILES string of the molecule is CC1N(c2ccc(C3=C[C@@H]4[C@@H](C#N)[C@@H]4C3)cc2)C(=O)O[C@@]12Oc1nocc12.